The molecule has 0 spiro atoms. The van der Waals surface area contributed by atoms with Crippen LogP contribution < -0.4 is 10.6 Å². The molecule has 3 nitrogen and oxygen atoms in total. The van der Waals surface area contributed by atoms with E-state index in [1.165, 1.54) is 12.1 Å². The number of hydrogen-bond donors (Lipinski definition) is 2. The SMILES string of the molecule is CNCCNC(=O)C(C)(C)c1cccc(C(F)(F)F)c1. The van der Waals surface area contributed by atoms with Crippen molar-refractivity contribution in [2.75, 3.05) is 20.1 Å². The third-order valence-electron chi connectivity index (χ3n) is 3.14. The number of rotatable bonds is 5. The zero-order valence-corrected chi connectivity index (χ0v) is 11.8. The Morgan fingerprint density at radius 1 is 1.15 bits per heavy atom. The molecule has 1 aromatic carbocycles. The van der Waals surface area contributed by atoms with Crippen molar-refractivity contribution in [3.8, 4) is 0 Å². The highest BCUT2D eigenvalue weighted by atomic mass is 19.4. The quantitative estimate of drug-likeness (QED) is 0.816. The molecule has 0 aromatic heterocycles. The molecule has 0 radical (unpaired) electrons. The molecule has 0 aliphatic rings. The summed E-state index contributed by atoms with van der Waals surface area (Å²) in [4.78, 5) is 12.1. The van der Waals surface area contributed by atoms with E-state index < -0.39 is 17.2 Å². The molecular formula is C14H19F3N2O. The van der Waals surface area contributed by atoms with E-state index in [0.717, 1.165) is 12.1 Å². The maximum atomic E-state index is 12.7. The zero-order chi connectivity index (χ0) is 15.4. The summed E-state index contributed by atoms with van der Waals surface area (Å²) in [6.45, 7) is 4.25. The fraction of sp³-hybridized carbons (Fsp3) is 0.500. The highest BCUT2D eigenvalue weighted by Crippen LogP contribution is 2.32. The number of carbonyl (C=O) groups excluding carboxylic acids is 1. The molecule has 0 fully saturated rings. The predicted molar refractivity (Wildman–Crippen MR) is 71.4 cm³/mol. The molecule has 112 valence electrons. The van der Waals surface area contributed by atoms with Crippen LogP contribution in [0.4, 0.5) is 13.2 Å². The Balaban J connectivity index is 2.94. The lowest BCUT2D eigenvalue weighted by molar-refractivity contribution is -0.137. The smallest absolute Gasteiger partial charge is 0.354 e. The molecule has 1 rings (SSSR count). The predicted octanol–water partition coefficient (Wildman–Crippen LogP) is 2.32. The highest BCUT2D eigenvalue weighted by molar-refractivity contribution is 5.87. The van der Waals surface area contributed by atoms with E-state index in [1.54, 1.807) is 20.9 Å². The summed E-state index contributed by atoms with van der Waals surface area (Å²) in [6, 6.07) is 4.88. The van der Waals surface area contributed by atoms with Gasteiger partial charge >= 0.3 is 6.18 Å². The van der Waals surface area contributed by atoms with Gasteiger partial charge in [0.2, 0.25) is 5.91 Å². The Labute approximate surface area is 116 Å². The minimum Gasteiger partial charge on any atom is -0.354 e. The van der Waals surface area contributed by atoms with Crippen LogP contribution >= 0.6 is 0 Å². The molecule has 0 unspecified atom stereocenters. The minimum atomic E-state index is -4.41. The monoisotopic (exact) mass is 288 g/mol. The van der Waals surface area contributed by atoms with Crippen molar-refractivity contribution in [2.45, 2.75) is 25.4 Å². The van der Waals surface area contributed by atoms with Crippen LogP contribution in [0.15, 0.2) is 24.3 Å². The molecule has 2 N–H and O–H groups in total. The molecule has 0 aliphatic heterocycles. The van der Waals surface area contributed by atoms with Crippen LogP contribution in [0.1, 0.15) is 25.0 Å². The van der Waals surface area contributed by atoms with Gasteiger partial charge in [-0.25, -0.2) is 0 Å². The number of carbonyl (C=O) groups is 1. The van der Waals surface area contributed by atoms with Gasteiger partial charge in [0, 0.05) is 13.1 Å². The van der Waals surface area contributed by atoms with E-state index in [9.17, 15) is 18.0 Å². The van der Waals surface area contributed by atoms with Crippen molar-refractivity contribution >= 4 is 5.91 Å². The Morgan fingerprint density at radius 2 is 1.75 bits per heavy atom. The van der Waals surface area contributed by atoms with Crippen LogP contribution in [0, 0.1) is 0 Å². The number of nitrogens with one attached hydrogen (secondary N) is 2. The average molecular weight is 288 g/mol. The first kappa shape index (κ1) is 16.5. The van der Waals surface area contributed by atoms with Gasteiger partial charge in [0.05, 0.1) is 11.0 Å². The van der Waals surface area contributed by atoms with Gasteiger partial charge in [0.15, 0.2) is 0 Å². The second-order valence-corrected chi connectivity index (χ2v) is 5.06. The molecule has 0 atom stereocenters. The van der Waals surface area contributed by atoms with Crippen molar-refractivity contribution < 1.29 is 18.0 Å². The first-order chi connectivity index (χ1) is 9.19. The van der Waals surface area contributed by atoms with Crippen LogP contribution in [-0.2, 0) is 16.4 Å². The minimum absolute atomic E-state index is 0.299. The summed E-state index contributed by atoms with van der Waals surface area (Å²) < 4.78 is 38.1. The molecule has 0 heterocycles. The summed E-state index contributed by atoms with van der Waals surface area (Å²) in [6.07, 6.45) is -4.41. The van der Waals surface area contributed by atoms with Crippen molar-refractivity contribution in [1.29, 1.82) is 0 Å². The van der Waals surface area contributed by atoms with Gasteiger partial charge in [-0.3, -0.25) is 4.79 Å². The number of benzene rings is 1. The van der Waals surface area contributed by atoms with Gasteiger partial charge in [-0.1, -0.05) is 18.2 Å². The molecule has 0 bridgehead atoms. The Kier molecular flexibility index (Phi) is 5.16. The zero-order valence-electron chi connectivity index (χ0n) is 11.8. The van der Waals surface area contributed by atoms with E-state index in [2.05, 4.69) is 10.6 Å². The van der Waals surface area contributed by atoms with Crippen LogP contribution in [0.25, 0.3) is 0 Å². The maximum Gasteiger partial charge on any atom is 0.416 e. The normalized spacial score (nSPS) is 12.3. The standard InChI is InChI=1S/C14H19F3N2O/c1-13(2,12(20)19-8-7-18-3)10-5-4-6-11(9-10)14(15,16)17/h4-6,9,18H,7-8H2,1-3H3,(H,19,20). The van der Waals surface area contributed by atoms with E-state index >= 15 is 0 Å². The molecule has 6 heteroatoms. The van der Waals surface area contributed by atoms with Crippen LogP contribution in [0.2, 0.25) is 0 Å². The first-order valence-corrected chi connectivity index (χ1v) is 6.30. The van der Waals surface area contributed by atoms with Crippen molar-refractivity contribution in [3.05, 3.63) is 35.4 Å². The number of halogens is 3. The van der Waals surface area contributed by atoms with Gasteiger partial charge in [0.1, 0.15) is 0 Å². The molecule has 1 aromatic rings. The van der Waals surface area contributed by atoms with E-state index in [4.69, 9.17) is 0 Å². The summed E-state index contributed by atoms with van der Waals surface area (Å²) in [5.41, 5.74) is -1.42. The highest BCUT2D eigenvalue weighted by Gasteiger charge is 2.34. The molecule has 20 heavy (non-hydrogen) atoms. The van der Waals surface area contributed by atoms with Gasteiger partial charge in [-0.15, -0.1) is 0 Å². The largest absolute Gasteiger partial charge is 0.416 e. The van der Waals surface area contributed by atoms with Gasteiger partial charge in [-0.05, 0) is 32.5 Å². The third-order valence-corrected chi connectivity index (χ3v) is 3.14. The molecule has 0 saturated carbocycles. The summed E-state index contributed by atoms with van der Waals surface area (Å²) >= 11 is 0. The van der Waals surface area contributed by atoms with Gasteiger partial charge in [-0.2, -0.15) is 13.2 Å². The lowest BCUT2D eigenvalue weighted by Gasteiger charge is -2.25. The number of amides is 1. The summed E-state index contributed by atoms with van der Waals surface area (Å²) in [7, 11) is 1.75. The second kappa shape index (κ2) is 6.26. The number of likely N-dealkylation sites (N-methyl/N-ethyl adjacent to an activating group) is 1. The molecule has 0 aliphatic carbocycles. The van der Waals surface area contributed by atoms with Gasteiger partial charge in [0.25, 0.3) is 0 Å². The fourth-order valence-electron chi connectivity index (χ4n) is 1.74. The van der Waals surface area contributed by atoms with Crippen molar-refractivity contribution in [2.24, 2.45) is 0 Å². The Morgan fingerprint density at radius 3 is 2.30 bits per heavy atom. The first-order valence-electron chi connectivity index (χ1n) is 6.30. The van der Waals surface area contributed by atoms with Crippen LogP contribution in [0.5, 0.6) is 0 Å². The van der Waals surface area contributed by atoms with Crippen molar-refractivity contribution in [1.82, 2.24) is 10.6 Å². The molecular weight excluding hydrogens is 269 g/mol. The van der Waals surface area contributed by atoms with E-state index in [-0.39, 0.29) is 5.91 Å². The Bertz CT molecular complexity index is 470. The van der Waals surface area contributed by atoms with Crippen LogP contribution in [-0.4, -0.2) is 26.0 Å². The average Bonchev–Trinajstić information content (AvgIpc) is 2.38. The van der Waals surface area contributed by atoms with Gasteiger partial charge < -0.3 is 10.6 Å². The fourth-order valence-corrected chi connectivity index (χ4v) is 1.74. The lowest BCUT2D eigenvalue weighted by Crippen LogP contribution is -2.42. The lowest BCUT2D eigenvalue weighted by atomic mass is 9.83. The van der Waals surface area contributed by atoms with Crippen molar-refractivity contribution in [3.63, 3.8) is 0 Å². The number of hydrogen-bond acceptors (Lipinski definition) is 2. The van der Waals surface area contributed by atoms with E-state index in [1.807, 2.05) is 0 Å². The second-order valence-electron chi connectivity index (χ2n) is 5.06. The molecule has 0 saturated heterocycles. The Hall–Kier alpha value is -1.56. The topological polar surface area (TPSA) is 41.1 Å². The number of alkyl halides is 3. The van der Waals surface area contributed by atoms with Crippen LogP contribution in [0.3, 0.4) is 0 Å². The third kappa shape index (κ3) is 3.96. The summed E-state index contributed by atoms with van der Waals surface area (Å²) in [5, 5.41) is 5.58. The van der Waals surface area contributed by atoms with E-state index in [0.29, 0.717) is 18.7 Å². The molecule has 1 amide bonds. The summed E-state index contributed by atoms with van der Waals surface area (Å²) in [5.74, 6) is -0.299. The maximum absolute atomic E-state index is 12.7.